The normalized spacial score (nSPS) is 10.5. The van der Waals surface area contributed by atoms with Crippen molar-refractivity contribution in [3.8, 4) is 5.75 Å². The Morgan fingerprint density at radius 1 is 1.41 bits per heavy atom. The molecule has 0 saturated heterocycles. The Morgan fingerprint density at radius 2 is 2.24 bits per heavy atom. The Hall–Kier alpha value is -3.67. The zero-order valence-corrected chi connectivity index (χ0v) is 15.9. The quantitative estimate of drug-likeness (QED) is 0.330. The van der Waals surface area contributed by atoms with Crippen molar-refractivity contribution in [3.63, 3.8) is 0 Å². The van der Waals surface area contributed by atoms with Gasteiger partial charge in [-0.3, -0.25) is 19.7 Å². The van der Waals surface area contributed by atoms with Gasteiger partial charge >= 0.3 is 0 Å². The molecule has 3 rings (SSSR count). The van der Waals surface area contributed by atoms with Crippen molar-refractivity contribution in [2.75, 3.05) is 11.9 Å². The van der Waals surface area contributed by atoms with Crippen molar-refractivity contribution < 1.29 is 18.9 Å². The fourth-order valence-corrected chi connectivity index (χ4v) is 2.97. The second kappa shape index (κ2) is 9.01. The fraction of sp³-hybridized carbons (Fsp3) is 0.176. The van der Waals surface area contributed by atoms with Gasteiger partial charge in [0.05, 0.1) is 10.7 Å². The molecule has 2 heterocycles. The van der Waals surface area contributed by atoms with Crippen molar-refractivity contribution in [2.24, 2.45) is 7.05 Å². The number of carbonyl (C=O) groups excluding carboxylic acids is 1. The van der Waals surface area contributed by atoms with Crippen LogP contribution in [0.5, 0.6) is 5.75 Å². The number of nitrogens with one attached hydrogen (secondary N) is 1. The van der Waals surface area contributed by atoms with Crippen molar-refractivity contribution in [3.05, 3.63) is 69.0 Å². The summed E-state index contributed by atoms with van der Waals surface area (Å²) in [6.45, 7) is -0.458. The van der Waals surface area contributed by atoms with Crippen molar-refractivity contribution in [1.29, 1.82) is 0 Å². The summed E-state index contributed by atoms with van der Waals surface area (Å²) in [4.78, 5) is 34.3. The number of aryl methyl sites for hydroxylation is 1. The van der Waals surface area contributed by atoms with Gasteiger partial charge in [0.15, 0.2) is 11.8 Å². The number of anilines is 1. The molecule has 1 N–H and O–H groups in total. The van der Waals surface area contributed by atoms with E-state index < -0.39 is 22.9 Å². The first-order valence-electron chi connectivity index (χ1n) is 8.18. The Labute approximate surface area is 167 Å². The molecule has 150 valence electrons. The second-order valence-corrected chi connectivity index (χ2v) is 6.67. The average molecular weight is 417 g/mol. The molecule has 0 aliphatic rings. The summed E-state index contributed by atoms with van der Waals surface area (Å²) in [5.74, 6) is 0.0878. The summed E-state index contributed by atoms with van der Waals surface area (Å²) < 4.78 is 12.3. The zero-order chi connectivity index (χ0) is 20.8. The topological polar surface area (TPSA) is 142 Å². The maximum atomic E-state index is 12.1. The van der Waals surface area contributed by atoms with E-state index in [0.717, 1.165) is 6.26 Å². The van der Waals surface area contributed by atoms with Crippen LogP contribution in [0.3, 0.4) is 0 Å². The van der Waals surface area contributed by atoms with Crippen LogP contribution in [0.2, 0.25) is 0 Å². The minimum Gasteiger partial charge on any atom is -0.477 e. The van der Waals surface area contributed by atoms with Gasteiger partial charge in [0.25, 0.3) is 11.6 Å². The molecule has 0 unspecified atom stereocenters. The van der Waals surface area contributed by atoms with Crippen LogP contribution < -0.4 is 15.5 Å². The summed E-state index contributed by atoms with van der Waals surface area (Å²) in [6, 6.07) is 6.75. The number of benzene rings is 1. The Kier molecular flexibility index (Phi) is 6.24. The van der Waals surface area contributed by atoms with E-state index in [1.807, 2.05) is 0 Å². The number of carbonyl (C=O) groups is 1. The maximum Gasteiger partial charge on any atom is 0.271 e. The lowest BCUT2D eigenvalue weighted by atomic mass is 10.3. The summed E-state index contributed by atoms with van der Waals surface area (Å²) in [5, 5.41) is 21.6. The van der Waals surface area contributed by atoms with E-state index in [1.54, 1.807) is 17.9 Å². The number of thioether (sulfide) groups is 1. The monoisotopic (exact) mass is 417 g/mol. The number of hydrogen-bond donors (Lipinski definition) is 1. The van der Waals surface area contributed by atoms with Crippen LogP contribution in [0.15, 0.2) is 57.3 Å². The highest BCUT2D eigenvalue weighted by molar-refractivity contribution is 7.98. The van der Waals surface area contributed by atoms with Gasteiger partial charge in [0.2, 0.25) is 11.2 Å². The second-order valence-electron chi connectivity index (χ2n) is 5.73. The molecule has 0 fully saturated rings. The molecule has 3 aromatic rings. The first-order chi connectivity index (χ1) is 13.9. The van der Waals surface area contributed by atoms with Gasteiger partial charge in [-0.1, -0.05) is 17.8 Å². The van der Waals surface area contributed by atoms with Gasteiger partial charge in [0, 0.05) is 30.9 Å². The number of hydrogen-bond acceptors (Lipinski definition) is 9. The lowest BCUT2D eigenvalue weighted by Gasteiger charge is -2.07. The predicted molar refractivity (Wildman–Crippen MR) is 103 cm³/mol. The standard InChI is InChI=1S/C17H15N5O6S/c1-21-10-18-20-17(21)29-9-13-6-14(23)15(7-27-13)28-8-16(24)19-11-3-2-4-12(5-11)22(25)26/h2-7,10H,8-9H2,1H3,(H,19,24). The first kappa shape index (κ1) is 20.1. The lowest BCUT2D eigenvalue weighted by Crippen LogP contribution is -2.22. The van der Waals surface area contributed by atoms with Gasteiger partial charge < -0.3 is 19.0 Å². The molecule has 0 radical (unpaired) electrons. The van der Waals surface area contributed by atoms with Gasteiger partial charge in [-0.15, -0.1) is 10.2 Å². The average Bonchev–Trinajstić information content (AvgIpc) is 3.10. The van der Waals surface area contributed by atoms with E-state index in [0.29, 0.717) is 16.7 Å². The smallest absolute Gasteiger partial charge is 0.271 e. The van der Waals surface area contributed by atoms with E-state index >= 15 is 0 Å². The minimum atomic E-state index is -0.577. The van der Waals surface area contributed by atoms with Gasteiger partial charge in [-0.25, -0.2) is 0 Å². The van der Waals surface area contributed by atoms with Crippen molar-refractivity contribution in [1.82, 2.24) is 14.8 Å². The largest absolute Gasteiger partial charge is 0.477 e. The maximum absolute atomic E-state index is 12.1. The van der Waals surface area contributed by atoms with Gasteiger partial charge in [-0.05, 0) is 6.07 Å². The van der Waals surface area contributed by atoms with Crippen LogP contribution in [-0.4, -0.2) is 32.2 Å². The van der Waals surface area contributed by atoms with E-state index in [1.165, 1.54) is 42.1 Å². The fourth-order valence-electron chi connectivity index (χ4n) is 2.20. The molecule has 0 aliphatic carbocycles. The summed E-state index contributed by atoms with van der Waals surface area (Å²) in [6.07, 6.45) is 2.70. The third-order valence-corrected chi connectivity index (χ3v) is 4.62. The molecule has 0 atom stereocenters. The van der Waals surface area contributed by atoms with Gasteiger partial charge in [0.1, 0.15) is 18.4 Å². The SMILES string of the molecule is Cn1cnnc1SCc1cc(=O)c(OCC(=O)Nc2cccc([N+](=O)[O-])c2)co1. The molecule has 11 nitrogen and oxygen atoms in total. The number of non-ortho nitro benzene ring substituents is 1. The highest BCUT2D eigenvalue weighted by atomic mass is 32.2. The minimum absolute atomic E-state index is 0.119. The number of nitrogens with zero attached hydrogens (tertiary/aromatic N) is 4. The molecule has 0 bridgehead atoms. The zero-order valence-electron chi connectivity index (χ0n) is 15.1. The third-order valence-electron chi connectivity index (χ3n) is 3.57. The third kappa shape index (κ3) is 5.42. The number of aromatic nitrogens is 3. The van der Waals surface area contributed by atoms with Crippen LogP contribution in [0.25, 0.3) is 0 Å². The number of nitro groups is 1. The van der Waals surface area contributed by atoms with E-state index in [4.69, 9.17) is 9.15 Å². The summed E-state index contributed by atoms with van der Waals surface area (Å²) in [5.41, 5.74) is -0.344. The van der Waals surface area contributed by atoms with Crippen LogP contribution in [0, 0.1) is 10.1 Å². The molecule has 12 heteroatoms. The highest BCUT2D eigenvalue weighted by Crippen LogP contribution is 2.20. The number of rotatable bonds is 8. The molecule has 0 aliphatic heterocycles. The molecular weight excluding hydrogens is 402 g/mol. The molecule has 0 saturated carbocycles. The van der Waals surface area contributed by atoms with Crippen LogP contribution in [0.1, 0.15) is 5.76 Å². The Bertz CT molecular complexity index is 1100. The van der Waals surface area contributed by atoms with Crippen molar-refractivity contribution >= 4 is 29.0 Å². The molecule has 1 amide bonds. The molecule has 1 aromatic carbocycles. The van der Waals surface area contributed by atoms with Gasteiger partial charge in [-0.2, -0.15) is 0 Å². The molecular formula is C17H15N5O6S. The van der Waals surface area contributed by atoms with Crippen molar-refractivity contribution in [2.45, 2.75) is 10.9 Å². The number of nitro benzene ring substituents is 1. The molecule has 2 aromatic heterocycles. The first-order valence-corrected chi connectivity index (χ1v) is 9.16. The summed E-state index contributed by atoms with van der Waals surface area (Å²) in [7, 11) is 1.80. The molecule has 0 spiro atoms. The lowest BCUT2D eigenvalue weighted by molar-refractivity contribution is -0.384. The predicted octanol–water partition coefficient (Wildman–Crippen LogP) is 1.99. The van der Waals surface area contributed by atoms with Crippen LogP contribution in [-0.2, 0) is 17.6 Å². The summed E-state index contributed by atoms with van der Waals surface area (Å²) >= 11 is 1.35. The van der Waals surface area contributed by atoms with Crippen LogP contribution in [0.4, 0.5) is 11.4 Å². The Morgan fingerprint density at radius 3 is 2.93 bits per heavy atom. The van der Waals surface area contributed by atoms with E-state index in [9.17, 15) is 19.7 Å². The number of ether oxygens (including phenoxy) is 1. The van der Waals surface area contributed by atoms with E-state index in [2.05, 4.69) is 15.5 Å². The van der Waals surface area contributed by atoms with E-state index in [-0.39, 0.29) is 17.1 Å². The molecule has 29 heavy (non-hydrogen) atoms. The highest BCUT2D eigenvalue weighted by Gasteiger charge is 2.11. The number of amides is 1. The van der Waals surface area contributed by atoms with Crippen LogP contribution >= 0.6 is 11.8 Å². The Balaban J connectivity index is 1.54.